The number of ether oxygens (including phenoxy) is 1. The van der Waals surface area contributed by atoms with Gasteiger partial charge in [-0.05, 0) is 6.92 Å². The van der Waals surface area contributed by atoms with E-state index < -0.39 is 0 Å². The van der Waals surface area contributed by atoms with Gasteiger partial charge in [0.2, 0.25) is 0 Å². The highest BCUT2D eigenvalue weighted by atomic mass is 35.5. The summed E-state index contributed by atoms with van der Waals surface area (Å²) in [5.74, 6) is 1.59. The van der Waals surface area contributed by atoms with Crippen molar-refractivity contribution in [2.45, 2.75) is 13.0 Å². The average molecular weight is 198 g/mol. The summed E-state index contributed by atoms with van der Waals surface area (Å²) < 4.78 is 4.81. The second-order valence-corrected chi connectivity index (χ2v) is 3.05. The molecule has 0 amide bonds. The summed E-state index contributed by atoms with van der Waals surface area (Å²) in [5.41, 5.74) is 0. The van der Waals surface area contributed by atoms with Crippen LogP contribution in [0.4, 0.5) is 0 Å². The first-order valence-corrected chi connectivity index (χ1v) is 4.48. The highest BCUT2D eigenvalue weighted by molar-refractivity contribution is 7.99. The van der Waals surface area contributed by atoms with E-state index in [2.05, 4.69) is 5.32 Å². The van der Waals surface area contributed by atoms with Crippen LogP contribution in [0, 0.1) is 0 Å². The lowest BCUT2D eigenvalue weighted by atomic mass is 10.3. The smallest absolute Gasteiger partial charge is 0.324 e. The quantitative estimate of drug-likeness (QED) is 0.660. The minimum absolute atomic E-state index is 0. The van der Waals surface area contributed by atoms with Gasteiger partial charge in [-0.15, -0.1) is 24.2 Å². The molecular formula is C6H12ClNO2S. The third kappa shape index (κ3) is 3.31. The van der Waals surface area contributed by atoms with E-state index in [1.54, 1.807) is 11.8 Å². The Morgan fingerprint density at radius 2 is 2.55 bits per heavy atom. The Balaban J connectivity index is 0.000001000. The number of carbonyl (C=O) groups is 1. The number of esters is 1. The Morgan fingerprint density at radius 1 is 1.82 bits per heavy atom. The van der Waals surface area contributed by atoms with Crippen LogP contribution in [0.5, 0.6) is 0 Å². The number of hydrogen-bond acceptors (Lipinski definition) is 4. The van der Waals surface area contributed by atoms with Crippen LogP contribution in [0.15, 0.2) is 0 Å². The molecule has 0 aromatic heterocycles. The maximum atomic E-state index is 10.9. The molecule has 11 heavy (non-hydrogen) atoms. The van der Waals surface area contributed by atoms with Crippen LogP contribution in [0.25, 0.3) is 0 Å². The molecular weight excluding hydrogens is 186 g/mol. The predicted octanol–water partition coefficient (Wildman–Crippen LogP) is 0.634. The second kappa shape index (κ2) is 5.69. The molecule has 0 spiro atoms. The summed E-state index contributed by atoms with van der Waals surface area (Å²) in [6.45, 7) is 2.29. The van der Waals surface area contributed by atoms with Crippen LogP contribution in [-0.4, -0.2) is 30.2 Å². The van der Waals surface area contributed by atoms with E-state index in [1.165, 1.54) is 0 Å². The van der Waals surface area contributed by atoms with Crippen molar-refractivity contribution in [2.24, 2.45) is 0 Å². The number of nitrogens with one attached hydrogen (secondary N) is 1. The second-order valence-electron chi connectivity index (χ2n) is 2.02. The van der Waals surface area contributed by atoms with Gasteiger partial charge < -0.3 is 4.74 Å². The molecule has 3 nitrogen and oxygen atoms in total. The molecule has 0 unspecified atom stereocenters. The molecule has 1 N–H and O–H groups in total. The van der Waals surface area contributed by atoms with Crippen LogP contribution in [-0.2, 0) is 9.53 Å². The molecule has 1 atom stereocenters. The molecule has 1 heterocycles. The first-order valence-electron chi connectivity index (χ1n) is 3.32. The van der Waals surface area contributed by atoms with E-state index >= 15 is 0 Å². The van der Waals surface area contributed by atoms with Crippen LogP contribution in [0.1, 0.15) is 6.92 Å². The van der Waals surface area contributed by atoms with Crippen LogP contribution >= 0.6 is 24.2 Å². The summed E-state index contributed by atoms with van der Waals surface area (Å²) in [6.07, 6.45) is 0. The van der Waals surface area contributed by atoms with Gasteiger partial charge in [-0.25, -0.2) is 0 Å². The molecule has 0 aromatic rings. The Labute approximate surface area is 76.7 Å². The van der Waals surface area contributed by atoms with E-state index in [9.17, 15) is 4.79 Å². The molecule has 5 heteroatoms. The van der Waals surface area contributed by atoms with Crippen molar-refractivity contribution in [3.8, 4) is 0 Å². The average Bonchev–Trinajstić information content (AvgIpc) is 2.38. The molecule has 0 saturated carbocycles. The molecule has 0 radical (unpaired) electrons. The minimum atomic E-state index is -0.118. The lowest BCUT2D eigenvalue weighted by Gasteiger charge is -2.06. The van der Waals surface area contributed by atoms with E-state index in [0.717, 1.165) is 11.6 Å². The van der Waals surface area contributed by atoms with E-state index in [4.69, 9.17) is 4.74 Å². The highest BCUT2D eigenvalue weighted by Gasteiger charge is 2.22. The molecule has 1 rings (SSSR count). The number of hydrogen-bond donors (Lipinski definition) is 1. The third-order valence-corrected chi connectivity index (χ3v) is 2.23. The lowest BCUT2D eigenvalue weighted by Crippen LogP contribution is -2.34. The van der Waals surface area contributed by atoms with Gasteiger partial charge in [-0.1, -0.05) is 0 Å². The largest absolute Gasteiger partial charge is 0.465 e. The molecule has 66 valence electrons. The van der Waals surface area contributed by atoms with Crippen molar-refractivity contribution in [3.63, 3.8) is 0 Å². The van der Waals surface area contributed by atoms with Crippen molar-refractivity contribution in [1.29, 1.82) is 0 Å². The highest BCUT2D eigenvalue weighted by Crippen LogP contribution is 2.10. The monoisotopic (exact) mass is 197 g/mol. The SMILES string of the molecule is CCOC(=O)[C@@H]1CSCN1.Cl. The number of thioether (sulfide) groups is 1. The summed E-state index contributed by atoms with van der Waals surface area (Å²) in [4.78, 5) is 10.9. The maximum Gasteiger partial charge on any atom is 0.324 e. The van der Waals surface area contributed by atoms with Crippen LogP contribution in [0.3, 0.4) is 0 Å². The number of halogens is 1. The first-order chi connectivity index (χ1) is 4.84. The summed E-state index contributed by atoms with van der Waals surface area (Å²) in [6, 6.07) is -0.0649. The number of carbonyl (C=O) groups excluding carboxylic acids is 1. The molecule has 0 aliphatic carbocycles. The zero-order valence-corrected chi connectivity index (χ0v) is 7.96. The third-order valence-electron chi connectivity index (χ3n) is 1.29. The Bertz CT molecular complexity index is 128. The van der Waals surface area contributed by atoms with Gasteiger partial charge in [-0.3, -0.25) is 10.1 Å². The van der Waals surface area contributed by atoms with Crippen molar-refractivity contribution < 1.29 is 9.53 Å². The maximum absolute atomic E-state index is 10.9. The fourth-order valence-electron chi connectivity index (χ4n) is 0.789. The summed E-state index contributed by atoms with van der Waals surface area (Å²) in [5, 5.41) is 3.03. The molecule has 1 saturated heterocycles. The van der Waals surface area contributed by atoms with E-state index in [-0.39, 0.29) is 24.4 Å². The molecule has 0 bridgehead atoms. The van der Waals surface area contributed by atoms with Crippen LogP contribution in [0.2, 0.25) is 0 Å². The van der Waals surface area contributed by atoms with Gasteiger partial charge in [0, 0.05) is 11.6 Å². The molecule has 1 fully saturated rings. The van der Waals surface area contributed by atoms with Gasteiger partial charge in [0.05, 0.1) is 6.61 Å². The fraction of sp³-hybridized carbons (Fsp3) is 0.833. The fourth-order valence-corrected chi connectivity index (χ4v) is 1.72. The van der Waals surface area contributed by atoms with Crippen molar-refractivity contribution in [3.05, 3.63) is 0 Å². The van der Waals surface area contributed by atoms with Crippen molar-refractivity contribution in [2.75, 3.05) is 18.2 Å². The van der Waals surface area contributed by atoms with Crippen molar-refractivity contribution >= 4 is 30.1 Å². The Morgan fingerprint density at radius 3 is 3.00 bits per heavy atom. The topological polar surface area (TPSA) is 38.3 Å². The summed E-state index contributed by atoms with van der Waals surface area (Å²) >= 11 is 1.72. The van der Waals surface area contributed by atoms with Gasteiger partial charge in [0.15, 0.2) is 0 Å². The van der Waals surface area contributed by atoms with Crippen molar-refractivity contribution in [1.82, 2.24) is 5.32 Å². The number of rotatable bonds is 2. The zero-order chi connectivity index (χ0) is 7.40. The Hall–Kier alpha value is 0.0700. The summed E-state index contributed by atoms with van der Waals surface area (Å²) in [7, 11) is 0. The van der Waals surface area contributed by atoms with Crippen LogP contribution < -0.4 is 5.32 Å². The molecule has 1 aliphatic heterocycles. The lowest BCUT2D eigenvalue weighted by molar-refractivity contribution is -0.144. The minimum Gasteiger partial charge on any atom is -0.465 e. The predicted molar refractivity (Wildman–Crippen MR) is 48.1 cm³/mol. The zero-order valence-electron chi connectivity index (χ0n) is 6.33. The van der Waals surface area contributed by atoms with Gasteiger partial charge in [0.1, 0.15) is 6.04 Å². The van der Waals surface area contributed by atoms with E-state index in [0.29, 0.717) is 6.61 Å². The Kier molecular flexibility index (Phi) is 5.72. The van der Waals surface area contributed by atoms with Gasteiger partial charge >= 0.3 is 5.97 Å². The molecule has 0 aromatic carbocycles. The molecule has 1 aliphatic rings. The van der Waals surface area contributed by atoms with E-state index in [1.807, 2.05) is 6.92 Å². The first kappa shape index (κ1) is 11.1. The van der Waals surface area contributed by atoms with Gasteiger partial charge in [-0.2, -0.15) is 0 Å². The normalized spacial score (nSPS) is 22.5. The van der Waals surface area contributed by atoms with Gasteiger partial charge in [0.25, 0.3) is 0 Å². The standard InChI is InChI=1S/C6H11NO2S.ClH/c1-2-9-6(8)5-3-10-4-7-5;/h5,7H,2-4H2,1H3;1H/t5-;/m0./s1.